The number of nitrogens with two attached hydrogens (primary N) is 1. The van der Waals surface area contributed by atoms with Gasteiger partial charge in [-0.1, -0.05) is 13.8 Å². The van der Waals surface area contributed by atoms with Crippen LogP contribution < -0.4 is 11.1 Å². The lowest BCUT2D eigenvalue weighted by Crippen LogP contribution is -2.25. The minimum absolute atomic E-state index is 0.162. The molecule has 0 spiro atoms. The molecule has 3 N–H and O–H groups in total. The lowest BCUT2D eigenvalue weighted by molar-refractivity contribution is -0.148. The van der Waals surface area contributed by atoms with Crippen LogP contribution in [0.2, 0.25) is 0 Å². The van der Waals surface area contributed by atoms with Gasteiger partial charge in [0.1, 0.15) is 12.8 Å². The highest BCUT2D eigenvalue weighted by molar-refractivity contribution is 7.19. The molecule has 0 aromatic carbocycles. The molecule has 2 aromatic heterocycles. The van der Waals surface area contributed by atoms with Crippen LogP contribution in [0.25, 0.3) is 11.2 Å². The molecule has 1 aliphatic heterocycles. The molecule has 25 heavy (non-hydrogen) atoms. The zero-order chi connectivity index (χ0) is 18.2. The number of rotatable bonds is 5. The van der Waals surface area contributed by atoms with Gasteiger partial charge < -0.3 is 20.5 Å². The third kappa shape index (κ3) is 3.39. The minimum atomic E-state index is -0.327. The van der Waals surface area contributed by atoms with E-state index in [-0.39, 0.29) is 36.0 Å². The highest BCUT2D eigenvalue weighted by Gasteiger charge is 2.44. The number of nitrogens with one attached hydrogen (secondary N) is 1. The van der Waals surface area contributed by atoms with Crippen molar-refractivity contribution >= 4 is 38.1 Å². The summed E-state index contributed by atoms with van der Waals surface area (Å²) in [6.07, 6.45) is 2.23. The zero-order valence-corrected chi connectivity index (χ0v) is 15.7. The molecule has 1 fully saturated rings. The van der Waals surface area contributed by atoms with Crippen LogP contribution in [0.3, 0.4) is 0 Å². The van der Waals surface area contributed by atoms with Crippen molar-refractivity contribution in [2.45, 2.75) is 44.2 Å². The third-order valence-corrected chi connectivity index (χ3v) is 4.72. The maximum atomic E-state index is 11.4. The van der Waals surface area contributed by atoms with Gasteiger partial charge in [-0.15, -0.1) is 9.24 Å². The summed E-state index contributed by atoms with van der Waals surface area (Å²) >= 11 is 0. The van der Waals surface area contributed by atoms with Crippen LogP contribution in [-0.4, -0.2) is 50.4 Å². The van der Waals surface area contributed by atoms with E-state index in [1.807, 2.05) is 4.57 Å². The number of aromatic nitrogens is 4. The van der Waals surface area contributed by atoms with Crippen LogP contribution in [0.15, 0.2) is 6.33 Å². The van der Waals surface area contributed by atoms with Gasteiger partial charge >= 0.3 is 5.97 Å². The number of nitrogen functional groups attached to an aromatic ring is 1. The highest BCUT2D eigenvalue weighted by Crippen LogP contribution is 2.45. The largest absolute Gasteiger partial charge is 0.463 e. The molecule has 1 aliphatic rings. The number of ether oxygens (including phenoxy) is 2. The van der Waals surface area contributed by atoms with Crippen LogP contribution in [0, 0.1) is 0 Å². The molecule has 0 bridgehead atoms. The van der Waals surface area contributed by atoms with Crippen molar-refractivity contribution in [2.75, 3.05) is 24.7 Å². The Morgan fingerprint density at radius 3 is 3.04 bits per heavy atom. The Morgan fingerprint density at radius 2 is 2.36 bits per heavy atom. The normalized spacial score (nSPS) is 26.1. The number of fused-ring (bicyclic) bond motifs is 1. The average molecular weight is 366 g/mol. The molecule has 9 nitrogen and oxygen atoms in total. The Balaban J connectivity index is 1.89. The molecule has 3 heterocycles. The summed E-state index contributed by atoms with van der Waals surface area (Å²) in [5.41, 5.74) is 7.04. The first-order chi connectivity index (χ1) is 11.9. The summed E-state index contributed by atoms with van der Waals surface area (Å²) < 4.78 is 13.2. The molecule has 4 atom stereocenters. The molecule has 10 heteroatoms. The third-order valence-electron chi connectivity index (χ3n) is 4.20. The molecule has 0 radical (unpaired) electrons. The number of hydrogen-bond acceptors (Lipinski definition) is 8. The van der Waals surface area contributed by atoms with Crippen molar-refractivity contribution < 1.29 is 14.3 Å². The molecule has 0 amide bonds. The number of carbonyl (C=O) groups is 1. The Kier molecular flexibility index (Phi) is 4.79. The van der Waals surface area contributed by atoms with E-state index in [0.29, 0.717) is 23.4 Å². The van der Waals surface area contributed by atoms with Crippen LogP contribution in [-0.2, 0) is 14.3 Å². The SMILES string of the molecule is CCC(=O)OCC1C[C@@](C)(P)C(n2cnc3c(NC)nc(N)nc32)O1. The van der Waals surface area contributed by atoms with Gasteiger partial charge in [0.2, 0.25) is 5.95 Å². The van der Waals surface area contributed by atoms with Gasteiger partial charge in [0.05, 0.1) is 12.4 Å². The van der Waals surface area contributed by atoms with Crippen molar-refractivity contribution in [3.63, 3.8) is 0 Å². The highest BCUT2D eigenvalue weighted by atomic mass is 31.0. The summed E-state index contributed by atoms with van der Waals surface area (Å²) in [5.74, 6) is 0.499. The number of esters is 1. The smallest absolute Gasteiger partial charge is 0.305 e. The summed E-state index contributed by atoms with van der Waals surface area (Å²) in [7, 11) is 4.58. The van der Waals surface area contributed by atoms with E-state index in [9.17, 15) is 4.79 Å². The van der Waals surface area contributed by atoms with Gasteiger partial charge in [-0.05, 0) is 6.42 Å². The summed E-state index contributed by atoms with van der Waals surface area (Å²) in [6, 6.07) is 0. The van der Waals surface area contributed by atoms with Crippen LogP contribution in [0.5, 0.6) is 0 Å². The average Bonchev–Trinajstić information content (AvgIpc) is 3.11. The van der Waals surface area contributed by atoms with E-state index in [2.05, 4.69) is 36.4 Å². The number of hydrogen-bond donors (Lipinski definition) is 2. The molecule has 136 valence electrons. The van der Waals surface area contributed by atoms with Crippen molar-refractivity contribution in [2.24, 2.45) is 0 Å². The Bertz CT molecular complexity index is 793. The molecule has 0 saturated carbocycles. The number of anilines is 2. The van der Waals surface area contributed by atoms with Gasteiger partial charge in [0.25, 0.3) is 0 Å². The first kappa shape index (κ1) is 17.8. The number of imidazole rings is 1. The predicted octanol–water partition coefficient (Wildman–Crippen LogP) is 1.32. The van der Waals surface area contributed by atoms with Gasteiger partial charge in [-0.2, -0.15) is 9.97 Å². The number of nitrogens with zero attached hydrogens (tertiary/aromatic N) is 4. The minimum Gasteiger partial charge on any atom is -0.463 e. The maximum absolute atomic E-state index is 11.4. The monoisotopic (exact) mass is 366 g/mol. The molecule has 1 saturated heterocycles. The fraction of sp³-hybridized carbons (Fsp3) is 0.600. The van der Waals surface area contributed by atoms with Crippen molar-refractivity contribution in [1.82, 2.24) is 19.5 Å². The first-order valence-electron chi connectivity index (χ1n) is 8.13. The summed E-state index contributed by atoms with van der Waals surface area (Å²) in [4.78, 5) is 24.3. The van der Waals surface area contributed by atoms with Crippen LogP contribution in [0.1, 0.15) is 32.9 Å². The quantitative estimate of drug-likeness (QED) is 0.601. The van der Waals surface area contributed by atoms with E-state index < -0.39 is 0 Å². The standard InChI is InChI=1S/C15H23N6O3P/c1-4-9(22)23-6-8-5-15(2,25)13(24-8)21-7-18-10-11(17-3)19-14(16)20-12(10)21/h7-8,13H,4-6,25H2,1-3H3,(H3,16,17,19,20)/t8?,13?,15-/m1/s1. The summed E-state index contributed by atoms with van der Waals surface area (Å²) in [6.45, 7) is 4.07. The molecular formula is C15H23N6O3P. The van der Waals surface area contributed by atoms with E-state index in [0.717, 1.165) is 6.42 Å². The van der Waals surface area contributed by atoms with E-state index in [1.54, 1.807) is 20.3 Å². The van der Waals surface area contributed by atoms with Crippen molar-refractivity contribution in [3.05, 3.63) is 6.33 Å². The van der Waals surface area contributed by atoms with Gasteiger partial charge in [0, 0.05) is 18.6 Å². The zero-order valence-electron chi connectivity index (χ0n) is 14.5. The van der Waals surface area contributed by atoms with E-state index in [4.69, 9.17) is 15.2 Å². The molecule has 3 unspecified atom stereocenters. The van der Waals surface area contributed by atoms with Gasteiger partial charge in [-0.3, -0.25) is 9.36 Å². The first-order valence-corrected chi connectivity index (χ1v) is 8.71. The molecule has 0 aliphatic carbocycles. The maximum Gasteiger partial charge on any atom is 0.305 e. The Morgan fingerprint density at radius 1 is 1.60 bits per heavy atom. The Labute approximate surface area is 147 Å². The molecule has 3 rings (SSSR count). The lowest BCUT2D eigenvalue weighted by atomic mass is 10.0. The summed E-state index contributed by atoms with van der Waals surface area (Å²) in [5, 5.41) is 2.71. The van der Waals surface area contributed by atoms with Gasteiger partial charge in [0.15, 0.2) is 17.0 Å². The fourth-order valence-corrected chi connectivity index (χ4v) is 3.53. The molecule has 2 aromatic rings. The van der Waals surface area contributed by atoms with Crippen LogP contribution >= 0.6 is 9.24 Å². The second-order valence-corrected chi connectivity index (χ2v) is 7.68. The lowest BCUT2D eigenvalue weighted by Gasteiger charge is -2.26. The van der Waals surface area contributed by atoms with E-state index in [1.165, 1.54) is 0 Å². The topological polar surface area (TPSA) is 117 Å². The van der Waals surface area contributed by atoms with Crippen LogP contribution in [0.4, 0.5) is 11.8 Å². The van der Waals surface area contributed by atoms with Crippen molar-refractivity contribution in [1.29, 1.82) is 0 Å². The second-order valence-electron chi connectivity index (χ2n) is 6.36. The predicted molar refractivity (Wildman–Crippen MR) is 97.2 cm³/mol. The fourth-order valence-electron chi connectivity index (χ4n) is 3.03. The van der Waals surface area contributed by atoms with E-state index >= 15 is 0 Å². The molecular weight excluding hydrogens is 343 g/mol. The van der Waals surface area contributed by atoms with Crippen molar-refractivity contribution in [3.8, 4) is 0 Å². The van der Waals surface area contributed by atoms with Gasteiger partial charge in [-0.25, -0.2) is 4.98 Å². The second kappa shape index (κ2) is 6.72. The Hall–Kier alpha value is -1.99. The number of carbonyl (C=O) groups excluding carboxylic acids is 1.